The molecule has 1 aliphatic rings. The molecule has 1 N–H and O–H groups in total. The zero-order valence-electron chi connectivity index (χ0n) is 14.2. The van der Waals surface area contributed by atoms with Gasteiger partial charge in [-0.25, -0.2) is 8.42 Å². The lowest BCUT2D eigenvalue weighted by molar-refractivity contribution is 0.0730. The van der Waals surface area contributed by atoms with Gasteiger partial charge < -0.3 is 14.8 Å². The van der Waals surface area contributed by atoms with E-state index in [1.807, 2.05) is 6.92 Å². The Morgan fingerprint density at radius 2 is 2.04 bits per heavy atom. The van der Waals surface area contributed by atoms with Gasteiger partial charge in [-0.15, -0.1) is 0 Å². The molecule has 0 aromatic heterocycles. The van der Waals surface area contributed by atoms with E-state index in [2.05, 4.69) is 5.32 Å². The van der Waals surface area contributed by atoms with Crippen LogP contribution >= 0.6 is 0 Å². The second kappa shape index (κ2) is 8.06. The van der Waals surface area contributed by atoms with Crippen LogP contribution in [0.3, 0.4) is 0 Å². The van der Waals surface area contributed by atoms with Crippen molar-refractivity contribution in [3.05, 3.63) is 29.3 Å². The first kappa shape index (κ1) is 18.9. The fourth-order valence-corrected chi connectivity index (χ4v) is 3.97. The number of nitrogens with one attached hydrogen (secondary N) is 1. The Balaban J connectivity index is 2.26. The van der Waals surface area contributed by atoms with E-state index in [0.29, 0.717) is 38.5 Å². The molecule has 7 nitrogen and oxygen atoms in total. The molecule has 0 bridgehead atoms. The third-order valence-electron chi connectivity index (χ3n) is 3.86. The van der Waals surface area contributed by atoms with Crippen LogP contribution in [0.5, 0.6) is 0 Å². The van der Waals surface area contributed by atoms with Crippen LogP contribution in [0.25, 0.3) is 0 Å². The SMILES string of the molecule is COC[C@@H](C)NC(=O)c1cc(S(=O)(=O)N2CCOCC2)ccc1C. The molecule has 1 aromatic rings. The van der Waals surface area contributed by atoms with Crippen LogP contribution < -0.4 is 5.32 Å². The number of aryl methyl sites for hydroxylation is 1. The molecule has 1 fully saturated rings. The number of carbonyl (C=O) groups is 1. The van der Waals surface area contributed by atoms with Crippen molar-refractivity contribution >= 4 is 15.9 Å². The molecule has 1 aromatic carbocycles. The molecule has 0 aliphatic carbocycles. The summed E-state index contributed by atoms with van der Waals surface area (Å²) in [5.74, 6) is -0.309. The monoisotopic (exact) mass is 356 g/mol. The molecule has 1 amide bonds. The van der Waals surface area contributed by atoms with Crippen LogP contribution in [0.4, 0.5) is 0 Å². The lowest BCUT2D eigenvalue weighted by Crippen LogP contribution is -2.40. The minimum Gasteiger partial charge on any atom is -0.383 e. The average molecular weight is 356 g/mol. The first-order chi connectivity index (χ1) is 11.4. The molecule has 0 saturated carbocycles. The fraction of sp³-hybridized carbons (Fsp3) is 0.562. The van der Waals surface area contributed by atoms with E-state index >= 15 is 0 Å². The van der Waals surface area contributed by atoms with Crippen molar-refractivity contribution < 1.29 is 22.7 Å². The van der Waals surface area contributed by atoms with E-state index in [1.165, 1.54) is 16.4 Å². The normalized spacial score (nSPS) is 17.5. The number of benzene rings is 1. The van der Waals surface area contributed by atoms with Gasteiger partial charge in [-0.3, -0.25) is 4.79 Å². The number of methoxy groups -OCH3 is 1. The first-order valence-electron chi connectivity index (χ1n) is 7.84. The number of carbonyl (C=O) groups excluding carboxylic acids is 1. The highest BCUT2D eigenvalue weighted by Gasteiger charge is 2.27. The second-order valence-corrected chi connectivity index (χ2v) is 7.76. The molecule has 1 aliphatic heterocycles. The van der Waals surface area contributed by atoms with Crippen molar-refractivity contribution in [2.75, 3.05) is 40.0 Å². The molecule has 0 radical (unpaired) electrons. The van der Waals surface area contributed by atoms with Gasteiger partial charge in [-0.1, -0.05) is 6.07 Å². The molecule has 8 heteroatoms. The highest BCUT2D eigenvalue weighted by atomic mass is 32.2. The maximum Gasteiger partial charge on any atom is 0.251 e. The van der Waals surface area contributed by atoms with Crippen molar-refractivity contribution in [2.45, 2.75) is 24.8 Å². The summed E-state index contributed by atoms with van der Waals surface area (Å²) in [4.78, 5) is 12.5. The number of nitrogens with zero attached hydrogens (tertiary/aromatic N) is 1. The third-order valence-corrected chi connectivity index (χ3v) is 5.75. The fourth-order valence-electron chi connectivity index (χ4n) is 2.54. The summed E-state index contributed by atoms with van der Waals surface area (Å²) in [6, 6.07) is 4.47. The Bertz CT molecular complexity index is 684. The van der Waals surface area contributed by atoms with Gasteiger partial charge in [0.25, 0.3) is 5.91 Å². The van der Waals surface area contributed by atoms with Crippen molar-refractivity contribution in [3.8, 4) is 0 Å². The van der Waals surface area contributed by atoms with Crippen molar-refractivity contribution in [2.24, 2.45) is 0 Å². The number of morpholine rings is 1. The Morgan fingerprint density at radius 3 is 2.67 bits per heavy atom. The van der Waals surface area contributed by atoms with Crippen molar-refractivity contribution in [1.82, 2.24) is 9.62 Å². The third kappa shape index (κ3) is 4.32. The summed E-state index contributed by atoms with van der Waals surface area (Å²) >= 11 is 0. The maximum absolute atomic E-state index is 12.7. The molecule has 1 heterocycles. The highest BCUT2D eigenvalue weighted by molar-refractivity contribution is 7.89. The summed E-state index contributed by atoms with van der Waals surface area (Å²) in [5, 5.41) is 2.80. The van der Waals surface area contributed by atoms with Crippen LogP contribution in [-0.4, -0.2) is 64.7 Å². The minimum atomic E-state index is -3.62. The molecular weight excluding hydrogens is 332 g/mol. The molecule has 134 valence electrons. The number of hydrogen-bond donors (Lipinski definition) is 1. The van der Waals surface area contributed by atoms with E-state index in [9.17, 15) is 13.2 Å². The van der Waals surface area contributed by atoms with Gasteiger partial charge in [0.05, 0.1) is 24.7 Å². The summed E-state index contributed by atoms with van der Waals surface area (Å²) in [5.41, 5.74) is 1.07. The van der Waals surface area contributed by atoms with Gasteiger partial charge >= 0.3 is 0 Å². The molecular formula is C16H24N2O5S. The number of hydrogen-bond acceptors (Lipinski definition) is 5. The topological polar surface area (TPSA) is 84.9 Å². The largest absolute Gasteiger partial charge is 0.383 e. The Kier molecular flexibility index (Phi) is 6.34. The Hall–Kier alpha value is -1.48. The van der Waals surface area contributed by atoms with Crippen LogP contribution in [0.1, 0.15) is 22.8 Å². The van der Waals surface area contributed by atoms with Gasteiger partial charge in [0, 0.05) is 31.8 Å². The van der Waals surface area contributed by atoms with Gasteiger partial charge in [0.1, 0.15) is 0 Å². The number of ether oxygens (including phenoxy) is 2. The molecule has 0 spiro atoms. The zero-order valence-corrected chi connectivity index (χ0v) is 15.1. The Labute approximate surface area is 143 Å². The van der Waals surface area contributed by atoms with Gasteiger partial charge in [-0.2, -0.15) is 4.31 Å². The molecule has 0 unspecified atom stereocenters. The van der Waals surface area contributed by atoms with E-state index in [-0.39, 0.29) is 16.8 Å². The van der Waals surface area contributed by atoms with Gasteiger partial charge in [0.15, 0.2) is 0 Å². The zero-order chi connectivity index (χ0) is 17.7. The molecule has 1 saturated heterocycles. The predicted octanol–water partition coefficient (Wildman–Crippen LogP) is 0.781. The quantitative estimate of drug-likeness (QED) is 0.814. The van der Waals surface area contributed by atoms with E-state index in [0.717, 1.165) is 5.56 Å². The predicted molar refractivity (Wildman–Crippen MR) is 89.6 cm³/mol. The van der Waals surface area contributed by atoms with Crippen LogP contribution in [0.2, 0.25) is 0 Å². The number of sulfonamides is 1. The summed E-state index contributed by atoms with van der Waals surface area (Å²) in [7, 11) is -2.07. The average Bonchev–Trinajstić information content (AvgIpc) is 2.56. The number of amides is 1. The smallest absolute Gasteiger partial charge is 0.251 e. The molecule has 24 heavy (non-hydrogen) atoms. The van der Waals surface area contributed by atoms with Crippen LogP contribution in [-0.2, 0) is 19.5 Å². The lowest BCUT2D eigenvalue weighted by atomic mass is 10.1. The van der Waals surface area contributed by atoms with Crippen LogP contribution in [0.15, 0.2) is 23.1 Å². The summed E-state index contributed by atoms with van der Waals surface area (Å²) in [6.45, 7) is 5.40. The first-order valence-corrected chi connectivity index (χ1v) is 9.28. The van der Waals surface area contributed by atoms with Gasteiger partial charge in [0.2, 0.25) is 10.0 Å². The van der Waals surface area contributed by atoms with E-state index in [4.69, 9.17) is 9.47 Å². The highest BCUT2D eigenvalue weighted by Crippen LogP contribution is 2.20. The maximum atomic E-state index is 12.7. The molecule has 1 atom stereocenters. The van der Waals surface area contributed by atoms with Gasteiger partial charge in [-0.05, 0) is 31.5 Å². The summed E-state index contributed by atoms with van der Waals surface area (Å²) in [6.07, 6.45) is 0. The minimum absolute atomic E-state index is 0.125. The number of rotatable bonds is 6. The molecule has 2 rings (SSSR count). The Morgan fingerprint density at radius 1 is 1.38 bits per heavy atom. The summed E-state index contributed by atoms with van der Waals surface area (Å²) < 4.78 is 37.0. The van der Waals surface area contributed by atoms with Crippen molar-refractivity contribution in [3.63, 3.8) is 0 Å². The van der Waals surface area contributed by atoms with E-state index in [1.54, 1.807) is 20.1 Å². The second-order valence-electron chi connectivity index (χ2n) is 5.82. The van der Waals surface area contributed by atoms with E-state index < -0.39 is 10.0 Å². The van der Waals surface area contributed by atoms with Crippen molar-refractivity contribution in [1.29, 1.82) is 0 Å². The standard InChI is InChI=1S/C16H24N2O5S/c1-12-4-5-14(24(20,21)18-6-8-23-9-7-18)10-15(12)16(19)17-13(2)11-22-3/h4-5,10,13H,6-9,11H2,1-3H3,(H,17,19)/t13-/m1/s1. The lowest BCUT2D eigenvalue weighted by Gasteiger charge is -2.26. The van der Waals surface area contributed by atoms with Crippen LogP contribution in [0, 0.1) is 6.92 Å².